The first-order valence-corrected chi connectivity index (χ1v) is 11.2. The van der Waals surface area contributed by atoms with Gasteiger partial charge in [-0.1, -0.05) is 42.5 Å². The van der Waals surface area contributed by atoms with Crippen LogP contribution in [0.25, 0.3) is 22.3 Å². The van der Waals surface area contributed by atoms with Crippen molar-refractivity contribution in [2.24, 2.45) is 0 Å². The Balaban J connectivity index is 1.35. The largest absolute Gasteiger partial charge is 0.452 e. The van der Waals surface area contributed by atoms with Crippen molar-refractivity contribution in [3.63, 3.8) is 0 Å². The number of nitrogens with zero attached hydrogens (tertiary/aromatic N) is 2. The molecule has 2 heterocycles. The fraction of sp³-hybridized carbons (Fsp3) is 0.0400. The van der Waals surface area contributed by atoms with E-state index in [2.05, 4.69) is 16.0 Å². The molecule has 2 aromatic heterocycles. The standard InChI is InChI=1S/C25H20N4O4S/c30-22(26-27-25(32)18-8-3-1-4-9-18)17-33-23(31)14-13-19-16-29(20-10-5-2-6-11-20)28-24(19)21-12-7-15-34-21/h1-16H,17H2,(H,26,30)(H,27,32)/b14-13+. The minimum atomic E-state index is -0.700. The summed E-state index contributed by atoms with van der Waals surface area (Å²) in [6.07, 6.45) is 4.65. The van der Waals surface area contributed by atoms with Crippen LogP contribution in [0.4, 0.5) is 0 Å². The van der Waals surface area contributed by atoms with Gasteiger partial charge in [-0.15, -0.1) is 11.3 Å². The van der Waals surface area contributed by atoms with Gasteiger partial charge in [-0.25, -0.2) is 9.48 Å². The first-order valence-electron chi connectivity index (χ1n) is 10.3. The van der Waals surface area contributed by atoms with Gasteiger partial charge in [0.2, 0.25) is 0 Å². The number of amides is 2. The summed E-state index contributed by atoms with van der Waals surface area (Å²) in [5, 5.41) is 6.61. The van der Waals surface area contributed by atoms with Crippen LogP contribution < -0.4 is 10.9 Å². The van der Waals surface area contributed by atoms with Gasteiger partial charge in [-0.3, -0.25) is 20.4 Å². The molecule has 2 N–H and O–H groups in total. The maximum absolute atomic E-state index is 12.2. The number of benzene rings is 2. The summed E-state index contributed by atoms with van der Waals surface area (Å²) in [5.74, 6) is -1.84. The first-order chi connectivity index (χ1) is 16.6. The van der Waals surface area contributed by atoms with E-state index in [1.165, 1.54) is 17.4 Å². The molecule has 9 heteroatoms. The average Bonchev–Trinajstić information content (AvgIpc) is 3.56. The number of para-hydroxylation sites is 1. The van der Waals surface area contributed by atoms with E-state index in [0.717, 1.165) is 21.8 Å². The maximum atomic E-state index is 12.2. The Kier molecular flexibility index (Phi) is 7.26. The number of nitrogens with one attached hydrogen (secondary N) is 2. The van der Waals surface area contributed by atoms with Crippen molar-refractivity contribution in [3.05, 3.63) is 102 Å². The summed E-state index contributed by atoms with van der Waals surface area (Å²) in [5.41, 5.74) is 7.20. The molecule has 0 unspecified atom stereocenters. The molecule has 0 aliphatic carbocycles. The number of rotatable bonds is 7. The SMILES string of the molecule is O=C(COC(=O)/C=C/c1cn(-c2ccccc2)nc1-c1cccs1)NNC(=O)c1ccccc1. The number of hydrogen-bond acceptors (Lipinski definition) is 6. The number of ether oxygens (including phenoxy) is 1. The summed E-state index contributed by atoms with van der Waals surface area (Å²) < 4.78 is 6.71. The second-order valence-electron chi connectivity index (χ2n) is 7.00. The molecule has 4 rings (SSSR count). The van der Waals surface area contributed by atoms with Gasteiger partial charge < -0.3 is 4.74 Å². The molecule has 0 radical (unpaired) electrons. The van der Waals surface area contributed by atoms with Crippen LogP contribution in [0.1, 0.15) is 15.9 Å². The lowest BCUT2D eigenvalue weighted by molar-refractivity contribution is -0.144. The van der Waals surface area contributed by atoms with E-state index in [9.17, 15) is 14.4 Å². The maximum Gasteiger partial charge on any atom is 0.331 e. The Labute approximate surface area is 199 Å². The minimum absolute atomic E-state index is 0.389. The summed E-state index contributed by atoms with van der Waals surface area (Å²) in [6.45, 7) is -0.542. The minimum Gasteiger partial charge on any atom is -0.452 e. The van der Waals surface area contributed by atoms with Crippen molar-refractivity contribution < 1.29 is 19.1 Å². The van der Waals surface area contributed by atoms with Crippen molar-refractivity contribution in [1.29, 1.82) is 0 Å². The molecule has 0 spiro atoms. The highest BCUT2D eigenvalue weighted by atomic mass is 32.1. The number of esters is 1. The summed E-state index contributed by atoms with van der Waals surface area (Å²) in [7, 11) is 0. The zero-order valence-corrected chi connectivity index (χ0v) is 18.7. The number of hydrogen-bond donors (Lipinski definition) is 2. The highest BCUT2D eigenvalue weighted by Crippen LogP contribution is 2.28. The average molecular weight is 473 g/mol. The van der Waals surface area contributed by atoms with E-state index in [1.807, 2.05) is 54.0 Å². The van der Waals surface area contributed by atoms with Crippen LogP contribution in [0, 0.1) is 0 Å². The van der Waals surface area contributed by atoms with E-state index in [1.54, 1.807) is 41.1 Å². The smallest absolute Gasteiger partial charge is 0.331 e. The third-order valence-electron chi connectivity index (χ3n) is 4.61. The molecule has 8 nitrogen and oxygen atoms in total. The van der Waals surface area contributed by atoms with Gasteiger partial charge in [0.1, 0.15) is 5.69 Å². The van der Waals surface area contributed by atoms with Crippen LogP contribution >= 0.6 is 11.3 Å². The Hall–Kier alpha value is -4.50. The lowest BCUT2D eigenvalue weighted by Gasteiger charge is -2.07. The fourth-order valence-electron chi connectivity index (χ4n) is 2.99. The molecule has 170 valence electrons. The monoisotopic (exact) mass is 472 g/mol. The van der Waals surface area contributed by atoms with Crippen LogP contribution in [0.2, 0.25) is 0 Å². The van der Waals surface area contributed by atoms with E-state index in [-0.39, 0.29) is 0 Å². The molecule has 0 aliphatic rings. The number of thiophene rings is 1. The van der Waals surface area contributed by atoms with Crippen molar-refractivity contribution in [1.82, 2.24) is 20.6 Å². The molecule has 0 atom stereocenters. The van der Waals surface area contributed by atoms with Gasteiger partial charge in [-0.05, 0) is 41.8 Å². The molecule has 0 bridgehead atoms. The van der Waals surface area contributed by atoms with Gasteiger partial charge in [0.25, 0.3) is 11.8 Å². The third kappa shape index (κ3) is 5.84. The van der Waals surface area contributed by atoms with Gasteiger partial charge in [0.15, 0.2) is 6.61 Å². The van der Waals surface area contributed by atoms with E-state index >= 15 is 0 Å². The molecule has 4 aromatic rings. The summed E-state index contributed by atoms with van der Waals surface area (Å²) >= 11 is 1.54. The first kappa shape index (κ1) is 22.7. The van der Waals surface area contributed by atoms with E-state index < -0.39 is 24.4 Å². The summed E-state index contributed by atoms with van der Waals surface area (Å²) in [6, 6.07) is 21.9. The fourth-order valence-corrected chi connectivity index (χ4v) is 3.73. The van der Waals surface area contributed by atoms with Crippen LogP contribution in [-0.4, -0.2) is 34.2 Å². The molecule has 34 heavy (non-hydrogen) atoms. The Morgan fingerprint density at radius 3 is 2.38 bits per heavy atom. The van der Waals surface area contributed by atoms with Crippen molar-refractivity contribution >= 4 is 35.2 Å². The van der Waals surface area contributed by atoms with Crippen molar-refractivity contribution in [2.75, 3.05) is 6.61 Å². The highest BCUT2D eigenvalue weighted by Gasteiger charge is 2.13. The van der Waals surface area contributed by atoms with Crippen LogP contribution in [0.15, 0.2) is 90.4 Å². The van der Waals surface area contributed by atoms with Gasteiger partial charge in [-0.2, -0.15) is 5.10 Å². The molecular formula is C25H20N4O4S. The summed E-state index contributed by atoms with van der Waals surface area (Å²) in [4.78, 5) is 36.9. The molecule has 2 amide bonds. The lowest BCUT2D eigenvalue weighted by Crippen LogP contribution is -2.43. The van der Waals surface area contributed by atoms with Crippen LogP contribution in [-0.2, 0) is 14.3 Å². The number of hydrazine groups is 1. The third-order valence-corrected chi connectivity index (χ3v) is 5.49. The Morgan fingerprint density at radius 2 is 1.68 bits per heavy atom. The second kappa shape index (κ2) is 10.9. The topological polar surface area (TPSA) is 102 Å². The van der Waals surface area contributed by atoms with Crippen LogP contribution in [0.3, 0.4) is 0 Å². The van der Waals surface area contributed by atoms with Gasteiger partial charge in [0.05, 0.1) is 10.6 Å². The molecule has 0 aliphatic heterocycles. The van der Waals surface area contributed by atoms with Gasteiger partial charge in [0, 0.05) is 23.4 Å². The molecule has 2 aromatic carbocycles. The molecule has 0 fully saturated rings. The number of aromatic nitrogens is 2. The molecule has 0 saturated heterocycles. The van der Waals surface area contributed by atoms with Crippen LogP contribution in [0.5, 0.6) is 0 Å². The predicted molar refractivity (Wildman–Crippen MR) is 129 cm³/mol. The number of carbonyl (C=O) groups is 3. The zero-order chi connectivity index (χ0) is 23.8. The Bertz CT molecular complexity index is 1300. The predicted octanol–water partition coefficient (Wildman–Crippen LogP) is 3.62. The quantitative estimate of drug-likeness (QED) is 0.243. The molecule has 0 saturated carbocycles. The number of carbonyl (C=O) groups excluding carboxylic acids is 3. The van der Waals surface area contributed by atoms with Gasteiger partial charge >= 0.3 is 5.97 Å². The van der Waals surface area contributed by atoms with Crippen molar-refractivity contribution in [3.8, 4) is 16.3 Å². The van der Waals surface area contributed by atoms with Crippen molar-refractivity contribution in [2.45, 2.75) is 0 Å². The molecular weight excluding hydrogens is 452 g/mol. The van der Waals surface area contributed by atoms with E-state index in [4.69, 9.17) is 4.74 Å². The second-order valence-corrected chi connectivity index (χ2v) is 7.95. The highest BCUT2D eigenvalue weighted by molar-refractivity contribution is 7.13. The Morgan fingerprint density at radius 1 is 0.941 bits per heavy atom. The normalized spacial score (nSPS) is 10.7. The zero-order valence-electron chi connectivity index (χ0n) is 17.9. The van der Waals surface area contributed by atoms with E-state index in [0.29, 0.717) is 5.56 Å². The lowest BCUT2D eigenvalue weighted by atomic mass is 10.2.